The molecule has 156 valence electrons. The number of benzene rings is 2. The molecule has 0 aromatic heterocycles. The highest BCUT2D eigenvalue weighted by Gasteiger charge is 2.25. The molecular formula is C23H31N3O2S. The number of anilines is 1. The largest absolute Gasteiger partial charge is 0.493 e. The van der Waals surface area contributed by atoms with E-state index >= 15 is 0 Å². The van der Waals surface area contributed by atoms with Gasteiger partial charge in [-0.1, -0.05) is 23.8 Å². The Morgan fingerprint density at radius 2 is 1.79 bits per heavy atom. The van der Waals surface area contributed by atoms with Gasteiger partial charge in [-0.3, -0.25) is 0 Å². The van der Waals surface area contributed by atoms with Gasteiger partial charge in [-0.15, -0.1) is 0 Å². The summed E-state index contributed by atoms with van der Waals surface area (Å²) in [5, 5.41) is 4.25. The molecule has 0 bridgehead atoms. The number of ether oxygens (including phenoxy) is 2. The average molecular weight is 414 g/mol. The molecule has 2 aromatic rings. The van der Waals surface area contributed by atoms with Gasteiger partial charge in [0.1, 0.15) is 0 Å². The van der Waals surface area contributed by atoms with Crippen molar-refractivity contribution in [3.8, 4) is 11.5 Å². The standard InChI is InChI=1S/C23H31N3O2S/c1-17-5-8-20(9-6-17)26-14-13-25(16-18(26)2)23(29)24-12-11-19-7-10-21(27-3)22(15-19)28-4/h5-10,15,18H,11-14,16H2,1-4H3,(H,24,29). The van der Waals surface area contributed by atoms with E-state index in [9.17, 15) is 0 Å². The van der Waals surface area contributed by atoms with Crippen LogP contribution >= 0.6 is 12.2 Å². The SMILES string of the molecule is COc1ccc(CCNC(=S)N2CCN(c3ccc(C)cc3)C(C)C2)cc1OC. The van der Waals surface area contributed by atoms with E-state index < -0.39 is 0 Å². The van der Waals surface area contributed by atoms with E-state index in [-0.39, 0.29) is 0 Å². The van der Waals surface area contributed by atoms with Crippen LogP contribution in [0.25, 0.3) is 0 Å². The molecule has 1 saturated heterocycles. The smallest absolute Gasteiger partial charge is 0.169 e. The molecule has 0 spiro atoms. The van der Waals surface area contributed by atoms with Gasteiger partial charge in [-0.05, 0) is 62.3 Å². The predicted octanol–water partition coefficient (Wildman–Crippen LogP) is 3.64. The topological polar surface area (TPSA) is 37.0 Å². The normalized spacial score (nSPS) is 16.5. The second-order valence-electron chi connectivity index (χ2n) is 7.50. The van der Waals surface area contributed by atoms with Gasteiger partial charge in [0.15, 0.2) is 16.6 Å². The van der Waals surface area contributed by atoms with Crippen molar-refractivity contribution in [1.29, 1.82) is 0 Å². The number of hydrogen-bond acceptors (Lipinski definition) is 4. The van der Waals surface area contributed by atoms with Crippen LogP contribution in [0.5, 0.6) is 11.5 Å². The first-order valence-corrected chi connectivity index (χ1v) is 10.5. The zero-order valence-corrected chi connectivity index (χ0v) is 18.6. The fourth-order valence-corrected chi connectivity index (χ4v) is 3.99. The van der Waals surface area contributed by atoms with Gasteiger partial charge in [0.25, 0.3) is 0 Å². The molecular weight excluding hydrogens is 382 g/mol. The fourth-order valence-electron chi connectivity index (χ4n) is 3.72. The molecule has 0 radical (unpaired) electrons. The average Bonchev–Trinajstić information content (AvgIpc) is 2.74. The van der Waals surface area contributed by atoms with Gasteiger partial charge >= 0.3 is 0 Å². The van der Waals surface area contributed by atoms with Crippen molar-refractivity contribution in [3.05, 3.63) is 53.6 Å². The Morgan fingerprint density at radius 1 is 1.07 bits per heavy atom. The second-order valence-corrected chi connectivity index (χ2v) is 7.88. The molecule has 2 aromatic carbocycles. The van der Waals surface area contributed by atoms with Crippen molar-refractivity contribution < 1.29 is 9.47 Å². The lowest BCUT2D eigenvalue weighted by molar-refractivity contribution is 0.334. The van der Waals surface area contributed by atoms with Gasteiger partial charge < -0.3 is 24.6 Å². The van der Waals surface area contributed by atoms with E-state index in [0.29, 0.717) is 6.04 Å². The van der Waals surface area contributed by atoms with Crippen molar-refractivity contribution in [2.45, 2.75) is 26.3 Å². The van der Waals surface area contributed by atoms with Crippen LogP contribution in [0.15, 0.2) is 42.5 Å². The van der Waals surface area contributed by atoms with Crippen LogP contribution in [0, 0.1) is 6.92 Å². The maximum Gasteiger partial charge on any atom is 0.169 e. The minimum atomic E-state index is 0.414. The van der Waals surface area contributed by atoms with Crippen molar-refractivity contribution in [3.63, 3.8) is 0 Å². The molecule has 0 amide bonds. The number of methoxy groups -OCH3 is 2. The Bertz CT molecular complexity index is 825. The van der Waals surface area contributed by atoms with Crippen molar-refractivity contribution >= 4 is 23.0 Å². The first kappa shape index (κ1) is 21.2. The van der Waals surface area contributed by atoms with E-state index in [1.165, 1.54) is 16.8 Å². The van der Waals surface area contributed by atoms with Crippen LogP contribution in [-0.2, 0) is 6.42 Å². The highest BCUT2D eigenvalue weighted by atomic mass is 32.1. The van der Waals surface area contributed by atoms with Crippen LogP contribution in [-0.4, -0.2) is 56.5 Å². The summed E-state index contributed by atoms with van der Waals surface area (Å²) in [7, 11) is 3.31. The third-order valence-corrected chi connectivity index (χ3v) is 5.82. The summed E-state index contributed by atoms with van der Waals surface area (Å²) < 4.78 is 10.7. The number of piperazine rings is 1. The Labute approximate surface area is 179 Å². The van der Waals surface area contributed by atoms with E-state index in [4.69, 9.17) is 21.7 Å². The molecule has 0 saturated carbocycles. The number of rotatable bonds is 6. The van der Waals surface area contributed by atoms with Gasteiger partial charge in [-0.25, -0.2) is 0 Å². The second kappa shape index (κ2) is 9.83. The molecule has 1 N–H and O–H groups in total. The minimum Gasteiger partial charge on any atom is -0.493 e. The fraction of sp³-hybridized carbons (Fsp3) is 0.435. The van der Waals surface area contributed by atoms with Crippen molar-refractivity contribution in [2.24, 2.45) is 0 Å². The van der Waals surface area contributed by atoms with E-state index in [1.54, 1.807) is 14.2 Å². The van der Waals surface area contributed by atoms with Gasteiger partial charge in [-0.2, -0.15) is 0 Å². The molecule has 0 aliphatic carbocycles. The molecule has 1 atom stereocenters. The molecule has 1 aliphatic heterocycles. The first-order chi connectivity index (χ1) is 14.0. The number of thiocarbonyl (C=S) groups is 1. The van der Waals surface area contributed by atoms with Crippen molar-refractivity contribution in [1.82, 2.24) is 10.2 Å². The Morgan fingerprint density at radius 3 is 2.45 bits per heavy atom. The molecule has 1 heterocycles. The summed E-state index contributed by atoms with van der Waals surface area (Å²) >= 11 is 5.65. The van der Waals surface area contributed by atoms with Gasteiger partial charge in [0.2, 0.25) is 0 Å². The van der Waals surface area contributed by atoms with Gasteiger partial charge in [0.05, 0.1) is 14.2 Å². The van der Waals surface area contributed by atoms with Crippen molar-refractivity contribution in [2.75, 3.05) is 45.3 Å². The first-order valence-electron chi connectivity index (χ1n) is 10.1. The molecule has 1 fully saturated rings. The lowest BCUT2D eigenvalue weighted by atomic mass is 10.1. The maximum absolute atomic E-state index is 5.65. The number of nitrogens with one attached hydrogen (secondary N) is 1. The third kappa shape index (κ3) is 5.32. The van der Waals surface area contributed by atoms with E-state index in [2.05, 4.69) is 59.3 Å². The van der Waals surface area contributed by atoms with Crippen LogP contribution in [0.3, 0.4) is 0 Å². The molecule has 1 aliphatic rings. The zero-order chi connectivity index (χ0) is 20.8. The number of nitrogens with zero attached hydrogens (tertiary/aromatic N) is 2. The van der Waals surface area contributed by atoms with Crippen LogP contribution < -0.4 is 19.7 Å². The molecule has 1 unspecified atom stereocenters. The highest BCUT2D eigenvalue weighted by Crippen LogP contribution is 2.27. The molecule has 29 heavy (non-hydrogen) atoms. The third-order valence-electron chi connectivity index (χ3n) is 5.42. The summed E-state index contributed by atoms with van der Waals surface area (Å²) in [5.74, 6) is 1.51. The lowest BCUT2D eigenvalue weighted by Crippen LogP contribution is -2.56. The summed E-state index contributed by atoms with van der Waals surface area (Å²) in [6, 6.07) is 15.2. The molecule has 6 heteroatoms. The zero-order valence-electron chi connectivity index (χ0n) is 17.8. The molecule has 3 rings (SSSR count). The monoisotopic (exact) mass is 413 g/mol. The summed E-state index contributed by atoms with van der Waals surface area (Å²) in [6.45, 7) is 8.01. The number of hydrogen-bond donors (Lipinski definition) is 1. The van der Waals surface area contributed by atoms with E-state index in [0.717, 1.165) is 49.2 Å². The number of aryl methyl sites for hydroxylation is 1. The van der Waals surface area contributed by atoms with Crippen LogP contribution in [0.1, 0.15) is 18.1 Å². The van der Waals surface area contributed by atoms with Crippen LogP contribution in [0.4, 0.5) is 5.69 Å². The molecule has 5 nitrogen and oxygen atoms in total. The minimum absolute atomic E-state index is 0.414. The predicted molar refractivity (Wildman–Crippen MR) is 123 cm³/mol. The Balaban J connectivity index is 1.49. The highest BCUT2D eigenvalue weighted by molar-refractivity contribution is 7.80. The maximum atomic E-state index is 5.65. The summed E-state index contributed by atoms with van der Waals surface area (Å²) in [4.78, 5) is 4.74. The van der Waals surface area contributed by atoms with Gasteiger partial charge in [0, 0.05) is 37.9 Å². The summed E-state index contributed by atoms with van der Waals surface area (Å²) in [5.41, 5.74) is 3.77. The van der Waals surface area contributed by atoms with E-state index in [1.807, 2.05) is 12.1 Å². The summed E-state index contributed by atoms with van der Waals surface area (Å²) in [6.07, 6.45) is 0.874. The quantitative estimate of drug-likeness (QED) is 0.729. The lowest BCUT2D eigenvalue weighted by Gasteiger charge is -2.42. The Hall–Kier alpha value is -2.47. The van der Waals surface area contributed by atoms with Crippen LogP contribution in [0.2, 0.25) is 0 Å². The Kier molecular flexibility index (Phi) is 7.20.